The van der Waals surface area contributed by atoms with Crippen LogP contribution < -0.4 is 9.47 Å². The molecule has 2 aromatic rings. The van der Waals surface area contributed by atoms with Crippen LogP contribution >= 0.6 is 0 Å². The number of aliphatic hydroxyl groups excluding tert-OH is 7. The predicted octanol–water partition coefficient (Wildman–Crippen LogP) is -2.37. The molecular weight excluding hydrogens is 608 g/mol. The van der Waals surface area contributed by atoms with Crippen molar-refractivity contribution in [3.8, 4) is 34.5 Å². The summed E-state index contributed by atoms with van der Waals surface area (Å²) in [5.41, 5.74) is 0.138. The second-order valence-corrected chi connectivity index (χ2v) is 10.6. The van der Waals surface area contributed by atoms with Gasteiger partial charge in [-0.05, 0) is 18.2 Å². The molecule has 0 aromatic heterocycles. The fourth-order valence-electron chi connectivity index (χ4n) is 5.26. The van der Waals surface area contributed by atoms with E-state index in [-0.39, 0.29) is 34.1 Å². The van der Waals surface area contributed by atoms with E-state index in [1.54, 1.807) is 0 Å². The largest absolute Gasteiger partial charge is 0.508 e. The molecule has 45 heavy (non-hydrogen) atoms. The first kappa shape index (κ1) is 32.8. The lowest BCUT2D eigenvalue weighted by Crippen LogP contribution is -2.64. The Morgan fingerprint density at radius 2 is 1.38 bits per heavy atom. The van der Waals surface area contributed by atoms with Crippen molar-refractivity contribution in [2.24, 2.45) is 0 Å². The van der Waals surface area contributed by atoms with Crippen molar-refractivity contribution in [1.82, 2.24) is 0 Å². The fourth-order valence-corrected chi connectivity index (χ4v) is 5.26. The van der Waals surface area contributed by atoms with E-state index in [0.29, 0.717) is 0 Å². The van der Waals surface area contributed by atoms with Gasteiger partial charge in [-0.1, -0.05) is 0 Å². The smallest absolute Gasteiger partial charge is 0.229 e. The summed E-state index contributed by atoms with van der Waals surface area (Å²) in [6, 6.07) is 4.63. The summed E-state index contributed by atoms with van der Waals surface area (Å²) in [6.45, 7) is -1.58. The van der Waals surface area contributed by atoms with Crippen LogP contribution in [0.2, 0.25) is 0 Å². The predicted molar refractivity (Wildman–Crippen MR) is 145 cm³/mol. The third-order valence-electron chi connectivity index (χ3n) is 7.71. The number of aliphatic hydroxyl groups is 7. The van der Waals surface area contributed by atoms with Gasteiger partial charge < -0.3 is 84.6 Å². The monoisotopic (exact) mass is 642 g/mol. The number of rotatable bonds is 8. The van der Waals surface area contributed by atoms with Crippen molar-refractivity contribution in [2.45, 2.75) is 67.5 Å². The zero-order valence-corrected chi connectivity index (χ0v) is 23.5. The van der Waals surface area contributed by atoms with Gasteiger partial charge in [-0.15, -0.1) is 0 Å². The van der Waals surface area contributed by atoms with Gasteiger partial charge in [0, 0.05) is 17.7 Å². The van der Waals surface area contributed by atoms with Crippen molar-refractivity contribution in [1.29, 1.82) is 0 Å². The van der Waals surface area contributed by atoms with Gasteiger partial charge in [-0.3, -0.25) is 0 Å². The molecule has 0 radical (unpaired) electrons. The standard InChI is InChI=1S/C28H34O17/c1-40-15-3-9(2-13(33)19(15)34)25-16(6-11-12(32)4-10(31)5-14(11)41-25)42-28-26(23(38)21(36)18(8-30)44-28)45-27-24(39)22(37)20(35)17(7-29)43-27/h2-6,17-18,20-39H,7-8H2,1H3. The number of benzene rings is 2. The van der Waals surface area contributed by atoms with Crippen LogP contribution in [0.3, 0.4) is 0 Å². The van der Waals surface area contributed by atoms with E-state index in [2.05, 4.69) is 0 Å². The molecule has 3 aliphatic rings. The van der Waals surface area contributed by atoms with Crippen molar-refractivity contribution in [2.75, 3.05) is 20.3 Å². The third kappa shape index (κ3) is 6.15. The number of phenols is 4. The minimum atomic E-state index is -1.91. The number of fused-ring (bicyclic) bond motifs is 1. The fraction of sp³-hybridized carbons (Fsp3) is 0.500. The zero-order valence-electron chi connectivity index (χ0n) is 23.5. The SMILES string of the molecule is COc1cc(C2Oc3cc(O)cc(O)c3C=C2OC2OC(CO)C(O)C(O)C2OC2OC(CO)C(O)C(O)C2O)cc(O)c1O. The van der Waals surface area contributed by atoms with Crippen molar-refractivity contribution in [3.05, 3.63) is 41.2 Å². The molecule has 2 fully saturated rings. The molecule has 17 heteroatoms. The van der Waals surface area contributed by atoms with Crippen LogP contribution in [0.1, 0.15) is 17.2 Å². The quantitative estimate of drug-likeness (QED) is 0.134. The minimum absolute atomic E-state index is 0.0236. The first-order chi connectivity index (χ1) is 21.4. The Hall–Kier alpha value is -3.62. The maximum Gasteiger partial charge on any atom is 0.229 e. The molecular formula is C28H34O17. The maximum atomic E-state index is 11.0. The summed E-state index contributed by atoms with van der Waals surface area (Å²) in [5.74, 6) is -2.34. The van der Waals surface area contributed by atoms with E-state index >= 15 is 0 Å². The van der Waals surface area contributed by atoms with Gasteiger partial charge in [0.15, 0.2) is 30.0 Å². The minimum Gasteiger partial charge on any atom is -0.508 e. The summed E-state index contributed by atoms with van der Waals surface area (Å²) >= 11 is 0. The number of phenolic OH excluding ortho intramolecular Hbond substituents is 4. The molecule has 3 heterocycles. The average Bonchev–Trinajstić information content (AvgIpc) is 3.01. The van der Waals surface area contributed by atoms with Crippen LogP contribution in [0.5, 0.6) is 34.5 Å². The summed E-state index contributed by atoms with van der Waals surface area (Å²) in [5, 5.41) is 113. The molecule has 2 aromatic carbocycles. The number of methoxy groups -OCH3 is 1. The highest BCUT2D eigenvalue weighted by Crippen LogP contribution is 2.47. The molecule has 248 valence electrons. The Bertz CT molecular complexity index is 1400. The normalized spacial score (nSPS) is 34.8. The Labute approximate surface area is 254 Å². The first-order valence-electron chi connectivity index (χ1n) is 13.7. The van der Waals surface area contributed by atoms with Crippen LogP contribution in [0.15, 0.2) is 30.0 Å². The third-order valence-corrected chi connectivity index (χ3v) is 7.71. The van der Waals surface area contributed by atoms with E-state index in [1.165, 1.54) is 25.3 Å². The maximum absolute atomic E-state index is 11.0. The topological polar surface area (TPSA) is 278 Å². The Morgan fingerprint density at radius 1 is 0.733 bits per heavy atom. The summed E-state index contributed by atoms with van der Waals surface area (Å²) < 4.78 is 34.0. The molecule has 11 N–H and O–H groups in total. The second kappa shape index (κ2) is 13.0. The van der Waals surface area contributed by atoms with Crippen LogP contribution in [-0.4, -0.2) is 138 Å². The highest BCUT2D eigenvalue weighted by molar-refractivity contribution is 5.70. The lowest BCUT2D eigenvalue weighted by Gasteiger charge is -2.46. The lowest BCUT2D eigenvalue weighted by atomic mass is 9.97. The molecule has 11 unspecified atom stereocenters. The lowest BCUT2D eigenvalue weighted by molar-refractivity contribution is -0.364. The van der Waals surface area contributed by atoms with Gasteiger partial charge in [-0.25, -0.2) is 0 Å². The van der Waals surface area contributed by atoms with Gasteiger partial charge in [0.2, 0.25) is 12.0 Å². The molecule has 3 aliphatic heterocycles. The van der Waals surface area contributed by atoms with Crippen LogP contribution in [-0.2, 0) is 18.9 Å². The van der Waals surface area contributed by atoms with Gasteiger partial charge in [0.05, 0.1) is 25.9 Å². The van der Waals surface area contributed by atoms with Crippen molar-refractivity contribution >= 4 is 6.08 Å². The van der Waals surface area contributed by atoms with Crippen LogP contribution in [0.4, 0.5) is 0 Å². The molecule has 0 amide bonds. The second-order valence-electron chi connectivity index (χ2n) is 10.6. The van der Waals surface area contributed by atoms with E-state index in [1.807, 2.05) is 0 Å². The van der Waals surface area contributed by atoms with Crippen LogP contribution in [0, 0.1) is 0 Å². The average molecular weight is 643 g/mol. The Morgan fingerprint density at radius 3 is 2.02 bits per heavy atom. The Kier molecular flexibility index (Phi) is 9.47. The zero-order chi connectivity index (χ0) is 32.7. The van der Waals surface area contributed by atoms with E-state index in [9.17, 15) is 56.2 Å². The summed E-state index contributed by atoms with van der Waals surface area (Å²) in [4.78, 5) is 0. The molecule has 0 bridgehead atoms. The number of hydrogen-bond donors (Lipinski definition) is 11. The van der Waals surface area contributed by atoms with Gasteiger partial charge in [0.1, 0.15) is 65.7 Å². The van der Waals surface area contributed by atoms with Crippen LogP contribution in [0.25, 0.3) is 6.08 Å². The summed E-state index contributed by atoms with van der Waals surface area (Å²) in [7, 11) is 1.23. The highest BCUT2D eigenvalue weighted by atomic mass is 16.8. The van der Waals surface area contributed by atoms with Gasteiger partial charge >= 0.3 is 0 Å². The molecule has 0 aliphatic carbocycles. The van der Waals surface area contributed by atoms with Crippen molar-refractivity contribution in [3.63, 3.8) is 0 Å². The Balaban J connectivity index is 1.54. The number of ether oxygens (including phenoxy) is 6. The van der Waals surface area contributed by atoms with Gasteiger partial charge in [-0.2, -0.15) is 0 Å². The molecule has 0 saturated carbocycles. The number of hydrogen-bond acceptors (Lipinski definition) is 17. The highest BCUT2D eigenvalue weighted by Gasteiger charge is 2.52. The molecule has 17 nitrogen and oxygen atoms in total. The van der Waals surface area contributed by atoms with E-state index in [0.717, 1.165) is 12.1 Å². The van der Waals surface area contributed by atoms with E-state index in [4.69, 9.17) is 28.4 Å². The van der Waals surface area contributed by atoms with E-state index < -0.39 is 98.0 Å². The molecule has 2 saturated heterocycles. The number of aromatic hydroxyl groups is 4. The summed E-state index contributed by atoms with van der Waals surface area (Å²) in [6.07, 6.45) is -17.3. The van der Waals surface area contributed by atoms with Crippen molar-refractivity contribution < 1.29 is 84.6 Å². The molecule has 5 rings (SSSR count). The first-order valence-corrected chi connectivity index (χ1v) is 13.7. The molecule has 0 spiro atoms. The van der Waals surface area contributed by atoms with Gasteiger partial charge in [0.25, 0.3) is 0 Å². The molecule has 11 atom stereocenters.